The molecule has 2 aromatic rings. The molecular formula is C20H25F3NO2Si. The van der Waals surface area contributed by atoms with E-state index in [1.165, 1.54) is 6.07 Å². The third-order valence-electron chi connectivity index (χ3n) is 3.72. The summed E-state index contributed by atoms with van der Waals surface area (Å²) in [6, 6.07) is 14.0. The lowest BCUT2D eigenvalue weighted by Crippen LogP contribution is -2.27. The number of alkyl halides is 3. The molecular weight excluding hydrogens is 371 g/mol. The first kappa shape index (κ1) is 21.3. The molecule has 1 unspecified atom stereocenters. The van der Waals surface area contributed by atoms with E-state index in [0.717, 1.165) is 5.69 Å². The number of rotatable bonds is 6. The molecule has 7 heteroatoms. The summed E-state index contributed by atoms with van der Waals surface area (Å²) < 4.78 is 49.1. The fourth-order valence-electron chi connectivity index (χ4n) is 2.68. The lowest BCUT2D eigenvalue weighted by Gasteiger charge is -2.34. The number of benzene rings is 2. The summed E-state index contributed by atoms with van der Waals surface area (Å²) in [6.07, 6.45) is -5.30. The van der Waals surface area contributed by atoms with Crippen LogP contribution in [0, 0.1) is 5.41 Å². The van der Waals surface area contributed by atoms with Crippen molar-refractivity contribution in [2.45, 2.75) is 46.3 Å². The molecule has 0 heterocycles. The monoisotopic (exact) mass is 396 g/mol. The standard InChI is InChI=1S/C20H25F3NO2Si/c1-19(2,3)18(26-27(4)5)16-13-15(24-14-9-7-6-8-10-14)11-12-17(16)25-20(21,22)23/h6-13,18,24H,1-5H3. The average molecular weight is 397 g/mol. The van der Waals surface area contributed by atoms with Crippen molar-refractivity contribution in [2.24, 2.45) is 5.41 Å². The Morgan fingerprint density at radius 3 is 2.07 bits per heavy atom. The Kier molecular flexibility index (Phi) is 6.59. The Labute approximate surface area is 160 Å². The number of hydrogen-bond acceptors (Lipinski definition) is 3. The van der Waals surface area contributed by atoms with Gasteiger partial charge in [0.25, 0.3) is 0 Å². The third-order valence-corrected chi connectivity index (χ3v) is 4.43. The van der Waals surface area contributed by atoms with Gasteiger partial charge in [-0.3, -0.25) is 0 Å². The first-order valence-corrected chi connectivity index (χ1v) is 11.0. The molecule has 0 bridgehead atoms. The smallest absolute Gasteiger partial charge is 0.410 e. The minimum absolute atomic E-state index is 0.232. The number of ether oxygens (including phenoxy) is 1. The lowest BCUT2D eigenvalue weighted by molar-refractivity contribution is -0.275. The van der Waals surface area contributed by atoms with E-state index in [-0.39, 0.29) is 5.75 Å². The van der Waals surface area contributed by atoms with Gasteiger partial charge in [0.05, 0.1) is 6.10 Å². The Balaban J connectivity index is 2.48. The van der Waals surface area contributed by atoms with Crippen molar-refractivity contribution in [3.05, 3.63) is 54.1 Å². The van der Waals surface area contributed by atoms with Crippen molar-refractivity contribution in [1.29, 1.82) is 0 Å². The Morgan fingerprint density at radius 1 is 0.926 bits per heavy atom. The van der Waals surface area contributed by atoms with Gasteiger partial charge in [0.15, 0.2) is 0 Å². The Bertz CT molecular complexity index is 743. The van der Waals surface area contributed by atoms with Gasteiger partial charge < -0.3 is 14.5 Å². The predicted molar refractivity (Wildman–Crippen MR) is 104 cm³/mol. The first-order chi connectivity index (χ1) is 12.5. The van der Waals surface area contributed by atoms with Crippen molar-refractivity contribution in [2.75, 3.05) is 5.32 Å². The fourth-order valence-corrected chi connectivity index (χ4v) is 3.63. The van der Waals surface area contributed by atoms with Crippen molar-refractivity contribution < 1.29 is 22.3 Å². The van der Waals surface area contributed by atoms with Crippen LogP contribution in [0.2, 0.25) is 13.1 Å². The molecule has 0 spiro atoms. The molecule has 0 aliphatic rings. The zero-order valence-corrected chi connectivity index (χ0v) is 17.1. The molecule has 0 fully saturated rings. The van der Waals surface area contributed by atoms with E-state index in [4.69, 9.17) is 4.43 Å². The van der Waals surface area contributed by atoms with Crippen LogP contribution < -0.4 is 10.1 Å². The number of nitrogens with one attached hydrogen (secondary N) is 1. The van der Waals surface area contributed by atoms with E-state index < -0.39 is 26.9 Å². The highest BCUT2D eigenvalue weighted by Gasteiger charge is 2.36. The largest absolute Gasteiger partial charge is 0.573 e. The second-order valence-corrected chi connectivity index (χ2v) is 9.62. The van der Waals surface area contributed by atoms with Gasteiger partial charge in [0.2, 0.25) is 9.04 Å². The van der Waals surface area contributed by atoms with E-state index in [2.05, 4.69) is 10.1 Å². The molecule has 0 aliphatic heterocycles. The van der Waals surface area contributed by atoms with Gasteiger partial charge in [-0.25, -0.2) is 0 Å². The maximum absolute atomic E-state index is 12.9. The molecule has 0 saturated heterocycles. The van der Waals surface area contributed by atoms with Crippen LogP contribution in [0.1, 0.15) is 32.4 Å². The molecule has 0 aromatic heterocycles. The lowest BCUT2D eigenvalue weighted by atomic mass is 9.84. The molecule has 0 aliphatic carbocycles. The van der Waals surface area contributed by atoms with Crippen molar-refractivity contribution >= 4 is 20.4 Å². The van der Waals surface area contributed by atoms with Crippen LogP contribution in [-0.4, -0.2) is 15.4 Å². The van der Waals surface area contributed by atoms with E-state index in [1.54, 1.807) is 12.1 Å². The van der Waals surface area contributed by atoms with Gasteiger partial charge in [-0.15, -0.1) is 13.2 Å². The van der Waals surface area contributed by atoms with Gasteiger partial charge in [-0.1, -0.05) is 39.0 Å². The van der Waals surface area contributed by atoms with Crippen LogP contribution >= 0.6 is 0 Å². The highest BCUT2D eigenvalue weighted by molar-refractivity contribution is 6.48. The molecule has 2 rings (SSSR count). The van der Waals surface area contributed by atoms with Crippen LogP contribution in [0.15, 0.2) is 48.5 Å². The van der Waals surface area contributed by atoms with Crippen LogP contribution in [0.25, 0.3) is 0 Å². The van der Waals surface area contributed by atoms with Gasteiger partial charge in [0, 0.05) is 16.9 Å². The maximum atomic E-state index is 12.9. The van der Waals surface area contributed by atoms with Crippen molar-refractivity contribution in [3.8, 4) is 5.75 Å². The molecule has 1 N–H and O–H groups in total. The summed E-state index contributed by atoms with van der Waals surface area (Å²) in [6.45, 7) is 9.74. The van der Waals surface area contributed by atoms with E-state index in [1.807, 2.05) is 64.2 Å². The molecule has 3 nitrogen and oxygen atoms in total. The normalized spacial score (nSPS) is 13.5. The minimum atomic E-state index is -4.77. The molecule has 27 heavy (non-hydrogen) atoms. The minimum Gasteiger partial charge on any atom is -0.410 e. The van der Waals surface area contributed by atoms with Gasteiger partial charge in [-0.05, 0) is 48.8 Å². The van der Waals surface area contributed by atoms with Crippen LogP contribution in [0.3, 0.4) is 0 Å². The zero-order valence-electron chi connectivity index (χ0n) is 16.1. The van der Waals surface area contributed by atoms with Gasteiger partial charge >= 0.3 is 6.36 Å². The summed E-state index contributed by atoms with van der Waals surface area (Å²) in [5.74, 6) is -0.232. The topological polar surface area (TPSA) is 30.5 Å². The average Bonchev–Trinajstić information content (AvgIpc) is 2.53. The maximum Gasteiger partial charge on any atom is 0.573 e. The van der Waals surface area contributed by atoms with E-state index >= 15 is 0 Å². The summed E-state index contributed by atoms with van der Waals surface area (Å²) in [4.78, 5) is 0. The second-order valence-electron chi connectivity index (χ2n) is 7.56. The summed E-state index contributed by atoms with van der Waals surface area (Å²) in [5.41, 5.74) is 1.49. The number of hydrogen-bond donors (Lipinski definition) is 1. The third kappa shape index (κ3) is 6.59. The summed E-state index contributed by atoms with van der Waals surface area (Å²) in [7, 11) is -1.15. The van der Waals surface area contributed by atoms with Gasteiger partial charge in [-0.2, -0.15) is 0 Å². The van der Waals surface area contributed by atoms with Crippen molar-refractivity contribution in [1.82, 2.24) is 0 Å². The molecule has 1 radical (unpaired) electrons. The Hall–Kier alpha value is -1.99. The molecule has 147 valence electrons. The number of para-hydroxylation sites is 1. The van der Waals surface area contributed by atoms with E-state index in [9.17, 15) is 13.2 Å². The fraction of sp³-hybridized carbons (Fsp3) is 0.400. The highest BCUT2D eigenvalue weighted by Crippen LogP contribution is 2.43. The highest BCUT2D eigenvalue weighted by atomic mass is 28.3. The van der Waals surface area contributed by atoms with Gasteiger partial charge in [0.1, 0.15) is 5.75 Å². The predicted octanol–water partition coefficient (Wildman–Crippen LogP) is 6.68. The molecule has 0 amide bonds. The number of halogens is 3. The van der Waals surface area contributed by atoms with Crippen LogP contribution in [0.5, 0.6) is 5.75 Å². The quantitative estimate of drug-likeness (QED) is 0.552. The van der Waals surface area contributed by atoms with Crippen LogP contribution in [-0.2, 0) is 4.43 Å². The number of anilines is 2. The SMILES string of the molecule is C[Si](C)OC(c1cc(Nc2ccccc2)ccc1OC(F)(F)F)C(C)(C)C. The second kappa shape index (κ2) is 8.35. The van der Waals surface area contributed by atoms with Crippen molar-refractivity contribution in [3.63, 3.8) is 0 Å². The molecule has 1 atom stereocenters. The zero-order chi connectivity index (χ0) is 20.2. The van der Waals surface area contributed by atoms with E-state index in [0.29, 0.717) is 11.3 Å². The first-order valence-electron chi connectivity index (χ1n) is 8.64. The molecule has 2 aromatic carbocycles. The Morgan fingerprint density at radius 2 is 1.56 bits per heavy atom. The summed E-state index contributed by atoms with van der Waals surface area (Å²) >= 11 is 0. The molecule has 0 saturated carbocycles. The summed E-state index contributed by atoms with van der Waals surface area (Å²) in [5, 5.41) is 3.21. The van der Waals surface area contributed by atoms with Crippen LogP contribution in [0.4, 0.5) is 24.5 Å².